The molecule has 0 aromatic carbocycles. The number of sulfonamides is 1. The average molecular weight is 273 g/mol. The molecule has 1 unspecified atom stereocenters. The van der Waals surface area contributed by atoms with Crippen molar-refractivity contribution in [3.8, 4) is 6.07 Å². The van der Waals surface area contributed by atoms with E-state index in [1.165, 1.54) is 0 Å². The van der Waals surface area contributed by atoms with Crippen molar-refractivity contribution in [3.05, 3.63) is 0 Å². The number of nitrogens with zero attached hydrogens (tertiary/aromatic N) is 3. The van der Waals surface area contributed by atoms with Crippen LogP contribution >= 0.6 is 0 Å². The van der Waals surface area contributed by atoms with Gasteiger partial charge >= 0.3 is 0 Å². The van der Waals surface area contributed by atoms with Crippen LogP contribution in [0.25, 0.3) is 0 Å². The molecular formula is C12H23N3O2S. The lowest BCUT2D eigenvalue weighted by Gasteiger charge is -2.34. The fourth-order valence-corrected chi connectivity index (χ4v) is 3.71. The summed E-state index contributed by atoms with van der Waals surface area (Å²) in [5.74, 6) is 0.270. The summed E-state index contributed by atoms with van der Waals surface area (Å²) < 4.78 is 25.6. The summed E-state index contributed by atoms with van der Waals surface area (Å²) in [5.41, 5.74) is 0. The van der Waals surface area contributed by atoms with E-state index in [2.05, 4.69) is 11.0 Å². The van der Waals surface area contributed by atoms with Crippen LogP contribution in [0.4, 0.5) is 0 Å². The van der Waals surface area contributed by atoms with Gasteiger partial charge in [-0.05, 0) is 13.3 Å². The van der Waals surface area contributed by atoms with Gasteiger partial charge in [0.05, 0.1) is 17.7 Å². The van der Waals surface area contributed by atoms with E-state index in [1.807, 2.05) is 13.8 Å². The summed E-state index contributed by atoms with van der Waals surface area (Å²) in [6.07, 6.45) is 1.63. The Morgan fingerprint density at radius 3 is 2.39 bits per heavy atom. The Bertz CT molecular complexity index is 381. The van der Waals surface area contributed by atoms with Crippen molar-refractivity contribution in [2.45, 2.75) is 26.7 Å². The molecule has 0 spiro atoms. The molecule has 1 fully saturated rings. The minimum absolute atomic E-state index is 0.00764. The Labute approximate surface area is 110 Å². The van der Waals surface area contributed by atoms with Gasteiger partial charge in [0.2, 0.25) is 10.0 Å². The summed E-state index contributed by atoms with van der Waals surface area (Å²) in [6, 6.07) is 2.21. The zero-order valence-corrected chi connectivity index (χ0v) is 12.1. The van der Waals surface area contributed by atoms with E-state index in [-0.39, 0.29) is 11.7 Å². The molecule has 1 saturated heterocycles. The second-order valence-electron chi connectivity index (χ2n) is 4.90. The molecule has 1 heterocycles. The highest BCUT2D eigenvalue weighted by atomic mass is 32.2. The van der Waals surface area contributed by atoms with Gasteiger partial charge < -0.3 is 0 Å². The first kappa shape index (κ1) is 15.4. The van der Waals surface area contributed by atoms with Crippen molar-refractivity contribution in [2.75, 3.05) is 38.5 Å². The average Bonchev–Trinajstić information content (AvgIpc) is 2.37. The van der Waals surface area contributed by atoms with Gasteiger partial charge in [0.25, 0.3) is 0 Å². The lowest BCUT2D eigenvalue weighted by molar-refractivity contribution is 0.178. The maximum Gasteiger partial charge on any atom is 0.214 e. The first-order valence-electron chi connectivity index (χ1n) is 6.59. The minimum atomic E-state index is -3.06. The predicted molar refractivity (Wildman–Crippen MR) is 71.5 cm³/mol. The van der Waals surface area contributed by atoms with Crippen LogP contribution in [0.2, 0.25) is 0 Å². The molecule has 0 radical (unpaired) electrons. The third kappa shape index (κ3) is 4.56. The lowest BCUT2D eigenvalue weighted by atomic mass is 10.2. The summed E-state index contributed by atoms with van der Waals surface area (Å²) in [7, 11) is -3.06. The number of rotatable bonds is 6. The molecule has 18 heavy (non-hydrogen) atoms. The summed E-state index contributed by atoms with van der Waals surface area (Å²) in [6.45, 7) is 7.21. The van der Waals surface area contributed by atoms with Gasteiger partial charge in [-0.1, -0.05) is 13.3 Å². The third-order valence-corrected chi connectivity index (χ3v) is 5.19. The quantitative estimate of drug-likeness (QED) is 0.721. The fraction of sp³-hybridized carbons (Fsp3) is 0.917. The van der Waals surface area contributed by atoms with Gasteiger partial charge in [0.15, 0.2) is 0 Å². The van der Waals surface area contributed by atoms with Crippen LogP contribution in [0, 0.1) is 17.2 Å². The van der Waals surface area contributed by atoms with Crippen molar-refractivity contribution >= 4 is 10.0 Å². The Balaban J connectivity index is 2.42. The molecule has 0 aromatic rings. The molecule has 1 rings (SSSR count). The zero-order chi connectivity index (χ0) is 13.6. The van der Waals surface area contributed by atoms with Crippen molar-refractivity contribution in [2.24, 2.45) is 5.92 Å². The van der Waals surface area contributed by atoms with E-state index in [0.29, 0.717) is 13.1 Å². The number of piperazine rings is 1. The van der Waals surface area contributed by atoms with E-state index in [9.17, 15) is 8.42 Å². The smallest absolute Gasteiger partial charge is 0.214 e. The molecule has 104 valence electrons. The molecule has 1 aliphatic heterocycles. The lowest BCUT2D eigenvalue weighted by Crippen LogP contribution is -2.50. The number of unbranched alkanes of at least 4 members (excludes halogenated alkanes) is 1. The van der Waals surface area contributed by atoms with E-state index in [4.69, 9.17) is 5.26 Å². The zero-order valence-electron chi connectivity index (χ0n) is 11.3. The highest BCUT2D eigenvalue weighted by Gasteiger charge is 2.26. The van der Waals surface area contributed by atoms with E-state index in [0.717, 1.165) is 32.5 Å². The van der Waals surface area contributed by atoms with Crippen LogP contribution in [-0.2, 0) is 10.0 Å². The van der Waals surface area contributed by atoms with Gasteiger partial charge in [-0.3, -0.25) is 4.90 Å². The van der Waals surface area contributed by atoms with Crippen molar-refractivity contribution in [1.29, 1.82) is 5.26 Å². The van der Waals surface area contributed by atoms with Gasteiger partial charge in [0.1, 0.15) is 0 Å². The van der Waals surface area contributed by atoms with Crippen LogP contribution in [0.5, 0.6) is 0 Å². The van der Waals surface area contributed by atoms with E-state index >= 15 is 0 Å². The van der Waals surface area contributed by atoms with E-state index in [1.54, 1.807) is 4.31 Å². The molecule has 6 heteroatoms. The Hall–Kier alpha value is -0.640. The van der Waals surface area contributed by atoms with Crippen molar-refractivity contribution < 1.29 is 8.42 Å². The fourth-order valence-electron chi connectivity index (χ4n) is 2.07. The first-order chi connectivity index (χ1) is 8.49. The predicted octanol–water partition coefficient (Wildman–Crippen LogP) is 0.894. The minimum Gasteiger partial charge on any atom is -0.299 e. The second kappa shape index (κ2) is 7.07. The maximum absolute atomic E-state index is 12.0. The van der Waals surface area contributed by atoms with E-state index < -0.39 is 10.0 Å². The third-order valence-electron chi connectivity index (χ3n) is 3.23. The van der Waals surface area contributed by atoms with Crippen LogP contribution in [-0.4, -0.2) is 56.1 Å². The molecule has 0 amide bonds. The number of hydrogen-bond donors (Lipinski definition) is 0. The number of hydrogen-bond acceptors (Lipinski definition) is 4. The normalized spacial score (nSPS) is 20.5. The SMILES string of the molecule is CCCCS(=O)(=O)N1CCN(CC(C)C#N)CC1. The van der Waals surface area contributed by atoms with Crippen LogP contribution in [0.15, 0.2) is 0 Å². The molecule has 0 bridgehead atoms. The summed E-state index contributed by atoms with van der Waals surface area (Å²) in [4.78, 5) is 2.17. The van der Waals surface area contributed by atoms with Crippen LogP contribution in [0.3, 0.4) is 0 Å². The van der Waals surface area contributed by atoms with Gasteiger partial charge in [-0.25, -0.2) is 8.42 Å². The largest absolute Gasteiger partial charge is 0.299 e. The van der Waals surface area contributed by atoms with Crippen LogP contribution < -0.4 is 0 Å². The van der Waals surface area contributed by atoms with Gasteiger partial charge in [-0.15, -0.1) is 0 Å². The van der Waals surface area contributed by atoms with Gasteiger partial charge in [0, 0.05) is 32.7 Å². The van der Waals surface area contributed by atoms with Crippen molar-refractivity contribution in [1.82, 2.24) is 9.21 Å². The van der Waals surface area contributed by atoms with Gasteiger partial charge in [-0.2, -0.15) is 9.57 Å². The monoisotopic (exact) mass is 273 g/mol. The Morgan fingerprint density at radius 2 is 1.89 bits per heavy atom. The summed E-state index contributed by atoms with van der Waals surface area (Å²) in [5, 5.41) is 8.76. The molecule has 0 saturated carbocycles. The molecule has 0 aliphatic carbocycles. The van der Waals surface area contributed by atoms with Crippen LogP contribution in [0.1, 0.15) is 26.7 Å². The Kier molecular flexibility index (Phi) is 6.06. The molecular weight excluding hydrogens is 250 g/mol. The maximum atomic E-state index is 12.0. The summed E-state index contributed by atoms with van der Waals surface area (Å²) >= 11 is 0. The molecule has 1 aliphatic rings. The number of nitriles is 1. The topological polar surface area (TPSA) is 64.4 Å². The molecule has 5 nitrogen and oxygen atoms in total. The Morgan fingerprint density at radius 1 is 1.28 bits per heavy atom. The van der Waals surface area contributed by atoms with Crippen molar-refractivity contribution in [3.63, 3.8) is 0 Å². The first-order valence-corrected chi connectivity index (χ1v) is 8.20. The highest BCUT2D eigenvalue weighted by molar-refractivity contribution is 7.89. The molecule has 0 N–H and O–H groups in total. The molecule has 1 atom stereocenters. The second-order valence-corrected chi connectivity index (χ2v) is 6.99. The molecule has 0 aromatic heterocycles. The standard InChI is InChI=1S/C12H23N3O2S/c1-3-4-9-18(16,17)15-7-5-14(6-8-15)11-12(2)10-13/h12H,3-9,11H2,1-2H3. The highest BCUT2D eigenvalue weighted by Crippen LogP contribution is 2.11.